The maximum Gasteiger partial charge on any atom is 0.329 e. The number of benzene rings is 2. The van der Waals surface area contributed by atoms with E-state index in [1.807, 2.05) is 0 Å². The first-order valence-corrected chi connectivity index (χ1v) is 11.6. The van der Waals surface area contributed by atoms with Crippen molar-refractivity contribution < 1.29 is 27.5 Å². The highest BCUT2D eigenvalue weighted by molar-refractivity contribution is 7.89. The summed E-state index contributed by atoms with van der Waals surface area (Å²) in [4.78, 5) is 36.6. The largest absolute Gasteiger partial charge is 0.451 e. The van der Waals surface area contributed by atoms with Gasteiger partial charge in [0.25, 0.3) is 11.8 Å². The van der Waals surface area contributed by atoms with Crippen molar-refractivity contribution in [3.63, 3.8) is 0 Å². The van der Waals surface area contributed by atoms with Gasteiger partial charge >= 0.3 is 5.97 Å². The first-order chi connectivity index (χ1) is 15.0. The van der Waals surface area contributed by atoms with Gasteiger partial charge < -0.3 is 15.4 Å². The number of esters is 1. The number of halogens is 1. The van der Waals surface area contributed by atoms with E-state index in [9.17, 15) is 22.8 Å². The van der Waals surface area contributed by atoms with E-state index < -0.39 is 40.0 Å². The lowest BCUT2D eigenvalue weighted by Crippen LogP contribution is -2.43. The number of sulfonamides is 1. The highest BCUT2D eigenvalue weighted by Crippen LogP contribution is 2.15. The molecule has 0 bridgehead atoms. The fourth-order valence-corrected chi connectivity index (χ4v) is 3.37. The number of nitrogens with two attached hydrogens (primary N) is 1. The third-order valence-electron chi connectivity index (χ3n) is 4.45. The molecule has 0 fully saturated rings. The van der Waals surface area contributed by atoms with Crippen molar-refractivity contribution in [3.8, 4) is 0 Å². The summed E-state index contributed by atoms with van der Waals surface area (Å²) in [5.74, 6) is -1.82. The molecular formula is C21H24ClN3O6S. The SMILES string of the molecule is CC(OC(=O)[C@H](C)NC(=O)c1ccccc1Cl)C(=O)NCCc1ccc(S(N)(=O)=O)cc1. The molecule has 0 aromatic heterocycles. The molecular weight excluding hydrogens is 458 g/mol. The second-order valence-electron chi connectivity index (χ2n) is 6.98. The van der Waals surface area contributed by atoms with Gasteiger partial charge in [0, 0.05) is 6.54 Å². The predicted octanol–water partition coefficient (Wildman–Crippen LogP) is 1.40. The van der Waals surface area contributed by atoms with Crippen LogP contribution in [0.25, 0.3) is 0 Å². The van der Waals surface area contributed by atoms with Gasteiger partial charge in [0.15, 0.2) is 6.10 Å². The number of nitrogens with one attached hydrogen (secondary N) is 2. The zero-order chi connectivity index (χ0) is 23.9. The quantitative estimate of drug-likeness (QED) is 0.461. The molecule has 0 saturated carbocycles. The van der Waals surface area contributed by atoms with Gasteiger partial charge in [-0.3, -0.25) is 9.59 Å². The standard InChI is InChI=1S/C21H24ClN3O6S/c1-13(25-20(27)17-5-3-4-6-18(17)22)21(28)31-14(2)19(26)24-12-11-15-7-9-16(10-8-15)32(23,29)30/h3-10,13-14H,11-12H2,1-2H3,(H,24,26)(H,25,27)(H2,23,29,30)/t13-,14?/m0/s1. The molecule has 4 N–H and O–H groups in total. The van der Waals surface area contributed by atoms with E-state index in [2.05, 4.69) is 10.6 Å². The molecule has 2 rings (SSSR count). The van der Waals surface area contributed by atoms with Crippen molar-refractivity contribution in [2.75, 3.05) is 6.54 Å². The summed E-state index contributed by atoms with van der Waals surface area (Å²) in [6.45, 7) is 3.10. The van der Waals surface area contributed by atoms with Crippen LogP contribution in [0.3, 0.4) is 0 Å². The van der Waals surface area contributed by atoms with E-state index in [0.717, 1.165) is 5.56 Å². The Balaban J connectivity index is 1.79. The molecule has 0 aliphatic carbocycles. The van der Waals surface area contributed by atoms with Crippen molar-refractivity contribution in [1.82, 2.24) is 10.6 Å². The number of amides is 2. The van der Waals surface area contributed by atoms with E-state index in [1.54, 1.807) is 30.3 Å². The van der Waals surface area contributed by atoms with Crippen LogP contribution in [0.2, 0.25) is 5.02 Å². The molecule has 0 aliphatic rings. The fourth-order valence-electron chi connectivity index (χ4n) is 2.63. The zero-order valence-electron chi connectivity index (χ0n) is 17.5. The minimum atomic E-state index is -3.76. The van der Waals surface area contributed by atoms with Gasteiger partial charge in [-0.05, 0) is 50.1 Å². The summed E-state index contributed by atoms with van der Waals surface area (Å²) in [7, 11) is -3.76. The fraction of sp³-hybridized carbons (Fsp3) is 0.286. The van der Waals surface area contributed by atoms with Gasteiger partial charge in [0.1, 0.15) is 6.04 Å². The van der Waals surface area contributed by atoms with Gasteiger partial charge in [0.2, 0.25) is 10.0 Å². The van der Waals surface area contributed by atoms with Crippen molar-refractivity contribution in [1.29, 1.82) is 0 Å². The first-order valence-electron chi connectivity index (χ1n) is 9.64. The minimum Gasteiger partial charge on any atom is -0.451 e. The Morgan fingerprint density at radius 3 is 2.28 bits per heavy atom. The highest BCUT2D eigenvalue weighted by Gasteiger charge is 2.24. The number of rotatable bonds is 9. The summed E-state index contributed by atoms with van der Waals surface area (Å²) < 4.78 is 27.6. The molecule has 0 aliphatic heterocycles. The molecule has 0 saturated heterocycles. The number of hydrogen-bond donors (Lipinski definition) is 3. The number of primary sulfonamides is 1. The first kappa shape index (κ1) is 25.3. The van der Waals surface area contributed by atoms with Gasteiger partial charge in [-0.15, -0.1) is 0 Å². The molecule has 0 spiro atoms. The number of carbonyl (C=O) groups is 3. The molecule has 11 heteroatoms. The van der Waals surface area contributed by atoms with Crippen LogP contribution in [0.1, 0.15) is 29.8 Å². The molecule has 2 aromatic rings. The van der Waals surface area contributed by atoms with Crippen molar-refractivity contribution in [2.24, 2.45) is 5.14 Å². The third-order valence-corrected chi connectivity index (χ3v) is 5.71. The highest BCUT2D eigenvalue weighted by atomic mass is 35.5. The third kappa shape index (κ3) is 7.33. The Labute approximate surface area is 191 Å². The van der Waals surface area contributed by atoms with Crippen LogP contribution in [0.5, 0.6) is 0 Å². The van der Waals surface area contributed by atoms with Crippen LogP contribution < -0.4 is 15.8 Å². The average molecular weight is 482 g/mol. The molecule has 2 aromatic carbocycles. The van der Waals surface area contributed by atoms with Crippen molar-refractivity contribution >= 4 is 39.4 Å². The molecule has 172 valence electrons. The molecule has 9 nitrogen and oxygen atoms in total. The number of hydrogen-bond acceptors (Lipinski definition) is 6. The Morgan fingerprint density at radius 1 is 1.06 bits per heavy atom. The molecule has 0 radical (unpaired) electrons. The Bertz CT molecular complexity index is 1090. The molecule has 0 heterocycles. The maximum absolute atomic E-state index is 12.2. The maximum atomic E-state index is 12.2. The lowest BCUT2D eigenvalue weighted by Gasteiger charge is -2.18. The van der Waals surface area contributed by atoms with Crippen LogP contribution in [0.4, 0.5) is 0 Å². The predicted molar refractivity (Wildman–Crippen MR) is 118 cm³/mol. The zero-order valence-corrected chi connectivity index (χ0v) is 19.1. The Morgan fingerprint density at radius 2 is 1.69 bits per heavy atom. The summed E-state index contributed by atoms with van der Waals surface area (Å²) in [6.07, 6.45) is -0.645. The van der Waals surface area contributed by atoms with Crippen LogP contribution in [-0.2, 0) is 30.8 Å². The molecule has 2 atom stereocenters. The topological polar surface area (TPSA) is 145 Å². The monoisotopic (exact) mass is 481 g/mol. The molecule has 2 amide bonds. The van der Waals surface area contributed by atoms with E-state index in [-0.39, 0.29) is 22.0 Å². The van der Waals surface area contributed by atoms with Gasteiger partial charge in [0.05, 0.1) is 15.5 Å². The van der Waals surface area contributed by atoms with Gasteiger partial charge in [-0.1, -0.05) is 35.9 Å². The van der Waals surface area contributed by atoms with Gasteiger partial charge in [-0.2, -0.15) is 0 Å². The molecule has 1 unspecified atom stereocenters. The summed E-state index contributed by atoms with van der Waals surface area (Å²) in [6, 6.07) is 11.4. The lowest BCUT2D eigenvalue weighted by atomic mass is 10.1. The smallest absolute Gasteiger partial charge is 0.329 e. The van der Waals surface area contributed by atoms with E-state index in [1.165, 1.54) is 32.0 Å². The average Bonchev–Trinajstić information content (AvgIpc) is 2.73. The van der Waals surface area contributed by atoms with Crippen molar-refractivity contribution in [3.05, 3.63) is 64.7 Å². The molecule has 32 heavy (non-hydrogen) atoms. The van der Waals surface area contributed by atoms with Crippen molar-refractivity contribution in [2.45, 2.75) is 37.3 Å². The normalized spacial score (nSPS) is 13.0. The minimum absolute atomic E-state index is 0.00145. The summed E-state index contributed by atoms with van der Waals surface area (Å²) in [5.41, 5.74) is 1.01. The van der Waals surface area contributed by atoms with Crippen LogP contribution in [0.15, 0.2) is 53.4 Å². The second kappa shape index (κ2) is 11.1. The number of ether oxygens (including phenoxy) is 1. The number of carbonyl (C=O) groups excluding carboxylic acids is 3. The summed E-state index contributed by atoms with van der Waals surface area (Å²) in [5, 5.41) is 10.4. The second-order valence-corrected chi connectivity index (χ2v) is 8.95. The van der Waals surface area contributed by atoms with Crippen LogP contribution >= 0.6 is 11.6 Å². The van der Waals surface area contributed by atoms with E-state index in [0.29, 0.717) is 6.42 Å². The Kier molecular flexibility index (Phi) is 8.76. The van der Waals surface area contributed by atoms with E-state index >= 15 is 0 Å². The van der Waals surface area contributed by atoms with Crippen LogP contribution in [0, 0.1) is 0 Å². The van der Waals surface area contributed by atoms with Gasteiger partial charge in [-0.25, -0.2) is 18.4 Å². The summed E-state index contributed by atoms with van der Waals surface area (Å²) >= 11 is 5.97. The van der Waals surface area contributed by atoms with Crippen LogP contribution in [-0.4, -0.2) is 44.9 Å². The lowest BCUT2D eigenvalue weighted by molar-refractivity contribution is -0.156. The Hall–Kier alpha value is -2.95. The van der Waals surface area contributed by atoms with E-state index in [4.69, 9.17) is 21.5 Å².